The second-order valence-electron chi connectivity index (χ2n) is 9.65. The fourth-order valence-electron chi connectivity index (χ4n) is 5.78. The van der Waals surface area contributed by atoms with Crippen LogP contribution in [0.5, 0.6) is 0 Å². The van der Waals surface area contributed by atoms with E-state index in [2.05, 4.69) is 15.1 Å². The third-order valence-corrected chi connectivity index (χ3v) is 7.84. The maximum absolute atomic E-state index is 13.5. The molecule has 2 aromatic carbocycles. The quantitative estimate of drug-likeness (QED) is 0.600. The van der Waals surface area contributed by atoms with Crippen molar-refractivity contribution in [1.82, 2.24) is 5.32 Å². The molecule has 34 heavy (non-hydrogen) atoms. The van der Waals surface area contributed by atoms with Crippen LogP contribution in [0.15, 0.2) is 42.5 Å². The number of anilines is 2. The molecule has 2 fully saturated rings. The maximum Gasteiger partial charge on any atom is 0.416 e. The summed E-state index contributed by atoms with van der Waals surface area (Å²) in [7, 11) is 0. The summed E-state index contributed by atoms with van der Waals surface area (Å²) in [6, 6.07) is 11.6. The van der Waals surface area contributed by atoms with E-state index in [0.717, 1.165) is 43.1 Å². The minimum Gasteiger partial charge on any atom is -0.366 e. The average molecular weight is 492 g/mol. The summed E-state index contributed by atoms with van der Waals surface area (Å²) in [6.45, 7) is 1.88. The number of benzene rings is 2. The van der Waals surface area contributed by atoms with Gasteiger partial charge in [-0.1, -0.05) is 43.0 Å². The molecule has 2 aromatic rings. The van der Waals surface area contributed by atoms with Crippen LogP contribution < -0.4 is 15.1 Å². The molecular formula is C26H29ClF3N3O. The molecule has 3 aliphatic rings. The van der Waals surface area contributed by atoms with Gasteiger partial charge in [0.2, 0.25) is 5.91 Å². The Labute approximate surface area is 203 Å². The lowest BCUT2D eigenvalue weighted by atomic mass is 9.82. The normalized spacial score (nSPS) is 23.3. The van der Waals surface area contributed by atoms with Gasteiger partial charge in [0.05, 0.1) is 28.2 Å². The van der Waals surface area contributed by atoms with Crippen LogP contribution in [-0.2, 0) is 17.4 Å². The van der Waals surface area contributed by atoms with Gasteiger partial charge >= 0.3 is 6.18 Å². The molecule has 2 aliphatic heterocycles. The topological polar surface area (TPSA) is 35.6 Å². The van der Waals surface area contributed by atoms with E-state index in [1.165, 1.54) is 12.5 Å². The van der Waals surface area contributed by atoms with Crippen LogP contribution in [0.4, 0.5) is 24.5 Å². The maximum atomic E-state index is 13.5. The van der Waals surface area contributed by atoms with Gasteiger partial charge in [-0.25, -0.2) is 0 Å². The van der Waals surface area contributed by atoms with E-state index in [4.69, 9.17) is 11.6 Å². The first-order valence-electron chi connectivity index (χ1n) is 12.1. The molecule has 0 radical (unpaired) electrons. The zero-order valence-electron chi connectivity index (χ0n) is 19.0. The van der Waals surface area contributed by atoms with Crippen LogP contribution in [0.1, 0.15) is 43.2 Å². The third kappa shape index (κ3) is 4.59. The number of alkyl halides is 3. The van der Waals surface area contributed by atoms with Gasteiger partial charge in [0.25, 0.3) is 0 Å². The van der Waals surface area contributed by atoms with E-state index in [1.807, 2.05) is 24.3 Å². The summed E-state index contributed by atoms with van der Waals surface area (Å²) in [4.78, 5) is 17.8. The lowest BCUT2D eigenvalue weighted by Gasteiger charge is -2.50. The average Bonchev–Trinajstić information content (AvgIpc) is 2.83. The summed E-state index contributed by atoms with van der Waals surface area (Å²) in [5.41, 5.74) is 1.67. The van der Waals surface area contributed by atoms with Crippen LogP contribution in [0, 0.1) is 5.92 Å². The van der Waals surface area contributed by atoms with Crippen molar-refractivity contribution in [3.63, 3.8) is 0 Å². The first-order chi connectivity index (χ1) is 16.3. The number of fused-ring (bicyclic) bond motifs is 3. The number of nitrogens with zero attached hydrogens (tertiary/aromatic N) is 2. The van der Waals surface area contributed by atoms with Crippen LogP contribution >= 0.6 is 11.6 Å². The van der Waals surface area contributed by atoms with Crippen molar-refractivity contribution in [2.24, 2.45) is 5.92 Å². The Morgan fingerprint density at radius 1 is 1.00 bits per heavy atom. The highest BCUT2D eigenvalue weighted by Gasteiger charge is 2.43. The Kier molecular flexibility index (Phi) is 6.40. The molecule has 0 aromatic heterocycles. The first kappa shape index (κ1) is 23.3. The van der Waals surface area contributed by atoms with E-state index in [-0.39, 0.29) is 18.0 Å². The van der Waals surface area contributed by atoms with E-state index < -0.39 is 17.7 Å². The molecule has 1 N–H and O–H groups in total. The molecule has 2 heterocycles. The molecule has 1 amide bonds. The van der Waals surface area contributed by atoms with E-state index in [0.29, 0.717) is 36.6 Å². The fourth-order valence-corrected chi connectivity index (χ4v) is 6.04. The lowest BCUT2D eigenvalue weighted by molar-refractivity contribution is -0.137. The van der Waals surface area contributed by atoms with Crippen molar-refractivity contribution < 1.29 is 18.0 Å². The van der Waals surface area contributed by atoms with Gasteiger partial charge in [-0.15, -0.1) is 0 Å². The van der Waals surface area contributed by atoms with Gasteiger partial charge in [0.15, 0.2) is 0 Å². The predicted octanol–water partition coefficient (Wildman–Crippen LogP) is 5.68. The summed E-state index contributed by atoms with van der Waals surface area (Å²) in [6.07, 6.45) is 1.21. The van der Waals surface area contributed by atoms with Gasteiger partial charge in [0, 0.05) is 31.4 Å². The molecule has 5 rings (SSSR count). The highest BCUT2D eigenvalue weighted by atomic mass is 35.5. The Morgan fingerprint density at radius 2 is 1.76 bits per heavy atom. The van der Waals surface area contributed by atoms with E-state index in [9.17, 15) is 18.0 Å². The van der Waals surface area contributed by atoms with Crippen molar-refractivity contribution in [2.45, 2.75) is 56.8 Å². The Hall–Kier alpha value is -2.41. The van der Waals surface area contributed by atoms with E-state index in [1.54, 1.807) is 6.07 Å². The molecule has 182 valence electrons. The Balaban J connectivity index is 1.46. The van der Waals surface area contributed by atoms with Gasteiger partial charge in [-0.2, -0.15) is 13.2 Å². The van der Waals surface area contributed by atoms with Crippen molar-refractivity contribution in [3.05, 3.63) is 58.6 Å². The highest BCUT2D eigenvalue weighted by molar-refractivity contribution is 6.33. The number of nitrogens with one attached hydrogen (secondary N) is 1. The summed E-state index contributed by atoms with van der Waals surface area (Å²) in [5.74, 6) is -0.478. The van der Waals surface area contributed by atoms with Gasteiger partial charge in [-0.05, 0) is 55.2 Å². The number of carbonyl (C=O) groups is 1. The number of para-hydroxylation sites is 1. The molecule has 1 saturated heterocycles. The lowest BCUT2D eigenvalue weighted by Crippen LogP contribution is -2.61. The van der Waals surface area contributed by atoms with Crippen LogP contribution in [-0.4, -0.2) is 37.6 Å². The fraction of sp³-hybridized carbons (Fsp3) is 0.500. The van der Waals surface area contributed by atoms with Crippen molar-refractivity contribution in [1.29, 1.82) is 0 Å². The molecule has 4 nitrogen and oxygen atoms in total. The summed E-state index contributed by atoms with van der Waals surface area (Å²) >= 11 is 6.46. The standard InChI is InChI=1S/C26H29ClF3N3O/c27-21-8-4-5-9-23(21)32-12-13-33-22-11-10-18(26(28,29)30)14-17(22)15-20(24(33)16-32)25(34)31-19-6-2-1-3-7-19/h4-5,8-11,14,19-20,24H,1-3,6-7,12-13,15-16H2,(H,31,34)/t20-,24-/m0/s1. The van der Waals surface area contributed by atoms with Crippen molar-refractivity contribution >= 4 is 28.9 Å². The number of rotatable bonds is 3. The largest absolute Gasteiger partial charge is 0.416 e. The number of hydrogen-bond acceptors (Lipinski definition) is 3. The SMILES string of the molecule is O=C(NC1CCCCC1)[C@H]1Cc2cc(C(F)(F)F)ccc2N2CCN(c3ccccc3Cl)C[C@@H]12. The molecule has 1 saturated carbocycles. The zero-order valence-corrected chi connectivity index (χ0v) is 19.7. The van der Waals surface area contributed by atoms with Crippen LogP contribution in [0.2, 0.25) is 5.02 Å². The number of piperazine rings is 1. The molecule has 0 spiro atoms. The van der Waals surface area contributed by atoms with E-state index >= 15 is 0 Å². The molecule has 1 aliphatic carbocycles. The van der Waals surface area contributed by atoms with Crippen LogP contribution in [0.25, 0.3) is 0 Å². The minimum atomic E-state index is -4.41. The Morgan fingerprint density at radius 3 is 2.50 bits per heavy atom. The van der Waals surface area contributed by atoms with Crippen molar-refractivity contribution in [2.75, 3.05) is 29.4 Å². The molecule has 0 unspecified atom stereocenters. The number of hydrogen-bond donors (Lipinski definition) is 1. The smallest absolute Gasteiger partial charge is 0.366 e. The number of halogens is 4. The number of carbonyl (C=O) groups excluding carboxylic acids is 1. The summed E-state index contributed by atoms with van der Waals surface area (Å²) in [5, 5.41) is 3.89. The summed E-state index contributed by atoms with van der Waals surface area (Å²) < 4.78 is 40.3. The monoisotopic (exact) mass is 491 g/mol. The first-order valence-corrected chi connectivity index (χ1v) is 12.5. The second kappa shape index (κ2) is 9.33. The third-order valence-electron chi connectivity index (χ3n) is 7.52. The van der Waals surface area contributed by atoms with Crippen molar-refractivity contribution in [3.8, 4) is 0 Å². The van der Waals surface area contributed by atoms with Gasteiger partial charge in [-0.3, -0.25) is 4.79 Å². The molecule has 2 atom stereocenters. The zero-order chi connectivity index (χ0) is 23.9. The molecule has 0 bridgehead atoms. The molecular weight excluding hydrogens is 463 g/mol. The van der Waals surface area contributed by atoms with Crippen LogP contribution in [0.3, 0.4) is 0 Å². The van der Waals surface area contributed by atoms with Gasteiger partial charge in [0.1, 0.15) is 0 Å². The minimum absolute atomic E-state index is 0.0500. The second-order valence-corrected chi connectivity index (χ2v) is 10.1. The number of amides is 1. The molecule has 8 heteroatoms. The highest BCUT2D eigenvalue weighted by Crippen LogP contribution is 2.41. The predicted molar refractivity (Wildman–Crippen MR) is 128 cm³/mol. The Bertz CT molecular complexity index is 1050. The van der Waals surface area contributed by atoms with Gasteiger partial charge < -0.3 is 15.1 Å².